The quantitative estimate of drug-likeness (QED) is 0.939. The average molecular weight is 311 g/mol. The van der Waals surface area contributed by atoms with Crippen LogP contribution in [0.15, 0.2) is 27.5 Å². The highest BCUT2D eigenvalue weighted by molar-refractivity contribution is 6.31. The third-order valence-corrected chi connectivity index (χ3v) is 4.14. The fourth-order valence-corrected chi connectivity index (χ4v) is 3.02. The smallest absolute Gasteiger partial charge is 0.290 e. The van der Waals surface area contributed by atoms with Gasteiger partial charge in [0.2, 0.25) is 0 Å². The van der Waals surface area contributed by atoms with E-state index in [4.69, 9.17) is 16.1 Å². The molecule has 1 aromatic carbocycles. The fraction of sp³-hybridized carbons (Fsp3) is 0.533. The van der Waals surface area contributed by atoms with E-state index in [9.17, 15) is 9.90 Å². The summed E-state index contributed by atoms with van der Waals surface area (Å²) in [7, 11) is 0. The Morgan fingerprint density at radius 3 is 2.76 bits per heavy atom. The molecule has 1 aliphatic heterocycles. The molecule has 0 aliphatic carbocycles. The van der Waals surface area contributed by atoms with Gasteiger partial charge in [0.1, 0.15) is 0 Å². The predicted octanol–water partition coefficient (Wildman–Crippen LogP) is 2.09. The molecule has 2 aromatic rings. The predicted molar refractivity (Wildman–Crippen MR) is 81.8 cm³/mol. The number of nitrogens with zero attached hydrogens (tertiary/aromatic N) is 2. The number of fused-ring (bicyclic) bond motifs is 1. The number of hydrogen-bond donors (Lipinski definition) is 1. The molecule has 1 unspecified atom stereocenters. The van der Waals surface area contributed by atoms with Gasteiger partial charge in [0.15, 0.2) is 5.58 Å². The van der Waals surface area contributed by atoms with Crippen LogP contribution in [0.4, 0.5) is 0 Å². The molecule has 0 spiro atoms. The fourth-order valence-electron chi connectivity index (χ4n) is 2.85. The highest BCUT2D eigenvalue weighted by atomic mass is 35.5. The van der Waals surface area contributed by atoms with Crippen LogP contribution in [0, 0.1) is 0 Å². The Labute approximate surface area is 127 Å². The van der Waals surface area contributed by atoms with Gasteiger partial charge in [-0.1, -0.05) is 18.0 Å². The van der Waals surface area contributed by atoms with Crippen LogP contribution in [0.25, 0.3) is 11.0 Å². The van der Waals surface area contributed by atoms with E-state index < -0.39 is 6.10 Å². The van der Waals surface area contributed by atoms with Crippen molar-refractivity contribution in [1.29, 1.82) is 0 Å². The number of aliphatic hydroxyl groups is 1. The lowest BCUT2D eigenvalue weighted by Crippen LogP contribution is -2.38. The van der Waals surface area contributed by atoms with E-state index in [0.717, 1.165) is 13.1 Å². The van der Waals surface area contributed by atoms with Crippen LogP contribution in [-0.2, 0) is 6.54 Å². The van der Waals surface area contributed by atoms with Crippen LogP contribution >= 0.6 is 11.6 Å². The number of rotatable bonds is 4. The van der Waals surface area contributed by atoms with Crippen LogP contribution in [0.5, 0.6) is 0 Å². The van der Waals surface area contributed by atoms with Crippen LogP contribution in [0.3, 0.4) is 0 Å². The zero-order valence-corrected chi connectivity index (χ0v) is 12.6. The zero-order chi connectivity index (χ0) is 14.8. The van der Waals surface area contributed by atoms with E-state index in [1.165, 1.54) is 24.0 Å². The summed E-state index contributed by atoms with van der Waals surface area (Å²) in [5, 5.41) is 11.1. The van der Waals surface area contributed by atoms with Gasteiger partial charge in [0.05, 0.1) is 18.0 Å². The summed E-state index contributed by atoms with van der Waals surface area (Å²) < 4.78 is 6.70. The number of aliphatic hydroxyl groups excluding tert-OH is 1. The first-order valence-corrected chi connectivity index (χ1v) is 7.71. The maximum absolute atomic E-state index is 12.2. The third kappa shape index (κ3) is 3.31. The molecule has 5 nitrogen and oxygen atoms in total. The first-order chi connectivity index (χ1) is 10.1. The lowest BCUT2D eigenvalue weighted by Gasteiger charge is -2.28. The summed E-state index contributed by atoms with van der Waals surface area (Å²) in [6, 6.07) is 4.95. The molecular weight excluding hydrogens is 292 g/mol. The number of halogens is 1. The first kappa shape index (κ1) is 14.6. The van der Waals surface area contributed by atoms with Gasteiger partial charge in [-0.15, -0.1) is 0 Å². The standard InChI is InChI=1S/C15H19ClN2O3/c16-11-4-5-14-13(8-11)15(20)18(21-14)10-12(19)9-17-6-2-1-3-7-17/h4-5,8,12,19H,1-3,6-7,9-10H2. The second kappa shape index (κ2) is 6.22. The molecule has 114 valence electrons. The van der Waals surface area contributed by atoms with Gasteiger partial charge < -0.3 is 14.5 Å². The molecule has 0 saturated carbocycles. The topological polar surface area (TPSA) is 58.6 Å². The van der Waals surface area contributed by atoms with Crippen LogP contribution in [0.2, 0.25) is 5.02 Å². The summed E-state index contributed by atoms with van der Waals surface area (Å²) in [5.41, 5.74) is 0.250. The Kier molecular flexibility index (Phi) is 4.33. The Morgan fingerprint density at radius 1 is 1.24 bits per heavy atom. The Morgan fingerprint density at radius 2 is 2.00 bits per heavy atom. The summed E-state index contributed by atoms with van der Waals surface area (Å²) in [5.74, 6) is 0. The second-order valence-electron chi connectivity index (χ2n) is 5.61. The molecule has 0 amide bonds. The molecule has 6 heteroatoms. The molecule has 1 saturated heterocycles. The van der Waals surface area contributed by atoms with E-state index in [1.54, 1.807) is 18.2 Å². The van der Waals surface area contributed by atoms with Crippen molar-refractivity contribution in [2.75, 3.05) is 19.6 Å². The van der Waals surface area contributed by atoms with E-state index in [2.05, 4.69) is 4.90 Å². The number of hydrogen-bond acceptors (Lipinski definition) is 4. The number of aromatic nitrogens is 1. The highest BCUT2D eigenvalue weighted by Gasteiger charge is 2.17. The van der Waals surface area contributed by atoms with Crippen molar-refractivity contribution >= 4 is 22.6 Å². The van der Waals surface area contributed by atoms with Crippen LogP contribution in [-0.4, -0.2) is 40.5 Å². The lowest BCUT2D eigenvalue weighted by molar-refractivity contribution is 0.0672. The molecule has 1 aliphatic rings. The molecule has 1 aromatic heterocycles. The van der Waals surface area contributed by atoms with Gasteiger partial charge in [-0.05, 0) is 44.1 Å². The SMILES string of the molecule is O=c1c2cc(Cl)ccc2on1CC(O)CN1CCCCC1. The number of β-amino-alcohol motifs (C(OH)–C–C–N with tert-alkyl or cyclic N) is 1. The number of piperidine rings is 1. The van der Waals surface area contributed by atoms with E-state index >= 15 is 0 Å². The van der Waals surface area contributed by atoms with E-state index in [0.29, 0.717) is 22.5 Å². The minimum atomic E-state index is -0.614. The van der Waals surface area contributed by atoms with Crippen molar-refractivity contribution < 1.29 is 9.63 Å². The van der Waals surface area contributed by atoms with Gasteiger partial charge in [-0.3, -0.25) is 4.79 Å². The van der Waals surface area contributed by atoms with E-state index in [1.807, 2.05) is 0 Å². The van der Waals surface area contributed by atoms with Crippen LogP contribution < -0.4 is 5.56 Å². The molecule has 3 rings (SSSR count). The van der Waals surface area contributed by atoms with Gasteiger partial charge >= 0.3 is 0 Å². The molecule has 21 heavy (non-hydrogen) atoms. The Hall–Kier alpha value is -1.30. The summed E-state index contributed by atoms with van der Waals surface area (Å²) in [6.07, 6.45) is 3.00. The molecule has 1 atom stereocenters. The van der Waals surface area contributed by atoms with Crippen molar-refractivity contribution in [3.8, 4) is 0 Å². The molecule has 0 radical (unpaired) electrons. The monoisotopic (exact) mass is 310 g/mol. The summed E-state index contributed by atoms with van der Waals surface area (Å²) in [6.45, 7) is 2.77. The van der Waals surface area contributed by atoms with Gasteiger partial charge in [0, 0.05) is 11.6 Å². The highest BCUT2D eigenvalue weighted by Crippen LogP contribution is 2.17. The Balaban J connectivity index is 1.72. The third-order valence-electron chi connectivity index (χ3n) is 3.90. The van der Waals surface area contributed by atoms with Gasteiger partial charge in [-0.2, -0.15) is 4.74 Å². The van der Waals surface area contributed by atoms with Crippen molar-refractivity contribution in [2.45, 2.75) is 31.9 Å². The van der Waals surface area contributed by atoms with Crippen molar-refractivity contribution in [3.63, 3.8) is 0 Å². The van der Waals surface area contributed by atoms with E-state index in [-0.39, 0.29) is 12.1 Å². The number of likely N-dealkylation sites (tertiary alicyclic amines) is 1. The molecular formula is C15H19ClN2O3. The molecule has 1 fully saturated rings. The van der Waals surface area contributed by atoms with Crippen LogP contribution in [0.1, 0.15) is 19.3 Å². The second-order valence-corrected chi connectivity index (χ2v) is 6.05. The maximum atomic E-state index is 12.2. The van der Waals surface area contributed by atoms with Crippen molar-refractivity contribution in [3.05, 3.63) is 33.6 Å². The molecule has 0 bridgehead atoms. The molecule has 1 N–H and O–H groups in total. The summed E-state index contributed by atoms with van der Waals surface area (Å²) >= 11 is 5.89. The molecule has 2 heterocycles. The normalized spacial score (nSPS) is 18.2. The zero-order valence-electron chi connectivity index (χ0n) is 11.8. The Bertz CT molecular complexity index is 673. The largest absolute Gasteiger partial charge is 0.390 e. The average Bonchev–Trinajstić information content (AvgIpc) is 2.76. The minimum absolute atomic E-state index is 0.168. The lowest BCUT2D eigenvalue weighted by atomic mass is 10.1. The maximum Gasteiger partial charge on any atom is 0.290 e. The van der Waals surface area contributed by atoms with Crippen molar-refractivity contribution in [2.24, 2.45) is 0 Å². The first-order valence-electron chi connectivity index (χ1n) is 7.33. The summed E-state index contributed by atoms with van der Waals surface area (Å²) in [4.78, 5) is 14.4. The minimum Gasteiger partial charge on any atom is -0.390 e. The van der Waals surface area contributed by atoms with Gasteiger partial charge in [-0.25, -0.2) is 0 Å². The number of benzene rings is 1. The van der Waals surface area contributed by atoms with Gasteiger partial charge in [0.25, 0.3) is 5.56 Å². The van der Waals surface area contributed by atoms with Crippen molar-refractivity contribution in [1.82, 2.24) is 9.64 Å².